The lowest BCUT2D eigenvalue weighted by Gasteiger charge is -2.35. The Labute approximate surface area is 122 Å². The molecule has 1 aliphatic heterocycles. The van der Waals surface area contributed by atoms with Crippen LogP contribution >= 0.6 is 0 Å². The predicted molar refractivity (Wildman–Crippen MR) is 78.4 cm³/mol. The van der Waals surface area contributed by atoms with Crippen LogP contribution in [0.5, 0.6) is 5.75 Å². The Kier molecular flexibility index (Phi) is 4.42. The monoisotopic (exact) mass is 293 g/mol. The van der Waals surface area contributed by atoms with Crippen molar-refractivity contribution in [3.8, 4) is 5.75 Å². The van der Waals surface area contributed by atoms with Gasteiger partial charge in [0.1, 0.15) is 0 Å². The van der Waals surface area contributed by atoms with E-state index in [1.54, 1.807) is 11.0 Å². The van der Waals surface area contributed by atoms with E-state index in [9.17, 15) is 14.9 Å². The third-order valence-corrected chi connectivity index (χ3v) is 3.40. The molecule has 0 saturated carbocycles. The lowest BCUT2D eigenvalue weighted by Crippen LogP contribution is -2.48. The summed E-state index contributed by atoms with van der Waals surface area (Å²) in [5.41, 5.74) is 6.03. The van der Waals surface area contributed by atoms with Gasteiger partial charge in [-0.25, -0.2) is 0 Å². The summed E-state index contributed by atoms with van der Waals surface area (Å²) in [6, 6.07) is 4.30. The van der Waals surface area contributed by atoms with Crippen LogP contribution in [0.1, 0.15) is 20.3 Å². The molecule has 1 amide bonds. The largest absolute Gasteiger partial charge is 0.478 e. The van der Waals surface area contributed by atoms with E-state index in [0.717, 1.165) is 0 Å². The summed E-state index contributed by atoms with van der Waals surface area (Å²) in [6.07, 6.45) is 0.0322. The van der Waals surface area contributed by atoms with Gasteiger partial charge in [0.15, 0.2) is 11.9 Å². The quantitative estimate of drug-likeness (QED) is 0.658. The Balaban J connectivity index is 2.42. The fourth-order valence-corrected chi connectivity index (χ4v) is 2.29. The molecule has 1 aromatic carbocycles. The summed E-state index contributed by atoms with van der Waals surface area (Å²) in [4.78, 5) is 24.5. The van der Waals surface area contributed by atoms with Crippen molar-refractivity contribution < 1.29 is 14.5 Å². The van der Waals surface area contributed by atoms with Crippen LogP contribution in [0.2, 0.25) is 0 Å². The highest BCUT2D eigenvalue weighted by molar-refractivity contribution is 6.00. The Morgan fingerprint density at radius 1 is 1.48 bits per heavy atom. The number of nitro groups is 1. The molecule has 7 nitrogen and oxygen atoms in total. The molecular formula is C14H19N3O4. The number of amides is 1. The number of hydrogen-bond acceptors (Lipinski definition) is 5. The van der Waals surface area contributed by atoms with Crippen LogP contribution in [-0.4, -0.2) is 30.0 Å². The number of nitro benzene ring substituents is 1. The fourth-order valence-electron chi connectivity index (χ4n) is 2.29. The lowest BCUT2D eigenvalue weighted by atomic mass is 10.0. The Morgan fingerprint density at radius 2 is 2.19 bits per heavy atom. The number of nitrogens with zero attached hydrogens (tertiary/aromatic N) is 2. The van der Waals surface area contributed by atoms with Gasteiger partial charge < -0.3 is 15.4 Å². The van der Waals surface area contributed by atoms with Crippen LogP contribution in [0.15, 0.2) is 18.2 Å². The van der Waals surface area contributed by atoms with Crippen molar-refractivity contribution in [1.82, 2.24) is 0 Å². The first kappa shape index (κ1) is 15.2. The molecule has 0 spiro atoms. The molecule has 1 aliphatic rings. The van der Waals surface area contributed by atoms with Gasteiger partial charge in [-0.1, -0.05) is 13.8 Å². The van der Waals surface area contributed by atoms with Crippen molar-refractivity contribution in [1.29, 1.82) is 0 Å². The lowest BCUT2D eigenvalue weighted by molar-refractivity contribution is -0.384. The molecule has 1 unspecified atom stereocenters. The van der Waals surface area contributed by atoms with Crippen LogP contribution in [0.3, 0.4) is 0 Å². The molecule has 0 aromatic heterocycles. The Hall–Kier alpha value is -2.15. The molecule has 1 aromatic rings. The van der Waals surface area contributed by atoms with E-state index in [4.69, 9.17) is 10.5 Å². The van der Waals surface area contributed by atoms with E-state index in [0.29, 0.717) is 30.9 Å². The Morgan fingerprint density at radius 3 is 2.76 bits per heavy atom. The number of fused-ring (bicyclic) bond motifs is 1. The van der Waals surface area contributed by atoms with Crippen molar-refractivity contribution in [3.05, 3.63) is 28.3 Å². The van der Waals surface area contributed by atoms with Gasteiger partial charge in [-0.2, -0.15) is 0 Å². The highest BCUT2D eigenvalue weighted by atomic mass is 16.6. The molecule has 1 atom stereocenters. The maximum Gasteiger partial charge on any atom is 0.273 e. The minimum Gasteiger partial charge on any atom is -0.478 e. The third-order valence-electron chi connectivity index (χ3n) is 3.40. The van der Waals surface area contributed by atoms with Gasteiger partial charge in [0.25, 0.3) is 11.6 Å². The first-order valence-electron chi connectivity index (χ1n) is 6.92. The molecule has 21 heavy (non-hydrogen) atoms. The summed E-state index contributed by atoms with van der Waals surface area (Å²) < 4.78 is 5.68. The van der Waals surface area contributed by atoms with Crippen molar-refractivity contribution in [2.24, 2.45) is 11.7 Å². The number of carbonyl (C=O) groups excluding carboxylic acids is 1. The van der Waals surface area contributed by atoms with Crippen molar-refractivity contribution in [3.63, 3.8) is 0 Å². The van der Waals surface area contributed by atoms with Gasteiger partial charge >= 0.3 is 0 Å². The van der Waals surface area contributed by atoms with Crippen molar-refractivity contribution in [2.75, 3.05) is 18.0 Å². The number of ether oxygens (including phenoxy) is 1. The second-order valence-electron chi connectivity index (χ2n) is 5.32. The molecule has 1 heterocycles. The molecule has 7 heteroatoms. The Bertz CT molecular complexity index is 559. The summed E-state index contributed by atoms with van der Waals surface area (Å²) >= 11 is 0. The van der Waals surface area contributed by atoms with E-state index in [1.807, 2.05) is 13.8 Å². The molecule has 0 bridgehead atoms. The standard InChI is InChI=1S/C14H19N3O4/c1-9(2)13-14(18)16(7-3-6-15)11-5-4-10(17(19)20)8-12(11)21-13/h4-5,8-9,13H,3,6-7,15H2,1-2H3. The zero-order valence-electron chi connectivity index (χ0n) is 12.1. The zero-order chi connectivity index (χ0) is 15.6. The number of nitrogens with two attached hydrogens (primary N) is 1. The van der Waals surface area contributed by atoms with E-state index < -0.39 is 11.0 Å². The highest BCUT2D eigenvalue weighted by Gasteiger charge is 2.36. The van der Waals surface area contributed by atoms with Gasteiger partial charge in [0.05, 0.1) is 16.7 Å². The maximum absolute atomic E-state index is 12.5. The number of benzene rings is 1. The van der Waals surface area contributed by atoms with Gasteiger partial charge in [-0.3, -0.25) is 14.9 Å². The average Bonchev–Trinajstić information content (AvgIpc) is 2.44. The molecule has 2 N–H and O–H groups in total. The second kappa shape index (κ2) is 6.09. The smallest absolute Gasteiger partial charge is 0.273 e. The fraction of sp³-hybridized carbons (Fsp3) is 0.500. The minimum absolute atomic E-state index is 0.0229. The highest BCUT2D eigenvalue weighted by Crippen LogP contribution is 2.38. The van der Waals surface area contributed by atoms with Crippen LogP contribution in [0.25, 0.3) is 0 Å². The van der Waals surface area contributed by atoms with Gasteiger partial charge in [0.2, 0.25) is 0 Å². The summed E-state index contributed by atoms with van der Waals surface area (Å²) in [5.74, 6) is 0.226. The maximum atomic E-state index is 12.5. The first-order valence-corrected chi connectivity index (χ1v) is 6.92. The van der Waals surface area contributed by atoms with Crippen LogP contribution < -0.4 is 15.4 Å². The van der Waals surface area contributed by atoms with Gasteiger partial charge in [-0.15, -0.1) is 0 Å². The SMILES string of the molecule is CC(C)C1Oc2cc([N+](=O)[O-])ccc2N(CCCN)C1=O. The second-order valence-corrected chi connectivity index (χ2v) is 5.32. The number of non-ortho nitro benzene ring substituents is 1. The predicted octanol–water partition coefficient (Wildman–Crippen LogP) is 1.69. The topological polar surface area (TPSA) is 98.7 Å². The minimum atomic E-state index is -0.628. The van der Waals surface area contributed by atoms with E-state index in [-0.39, 0.29) is 17.5 Å². The number of anilines is 1. The van der Waals surface area contributed by atoms with E-state index in [2.05, 4.69) is 0 Å². The van der Waals surface area contributed by atoms with Crippen molar-refractivity contribution in [2.45, 2.75) is 26.4 Å². The number of hydrogen-bond donors (Lipinski definition) is 1. The van der Waals surface area contributed by atoms with Crippen LogP contribution in [0.4, 0.5) is 11.4 Å². The zero-order valence-corrected chi connectivity index (χ0v) is 12.1. The van der Waals surface area contributed by atoms with Crippen molar-refractivity contribution >= 4 is 17.3 Å². The van der Waals surface area contributed by atoms with Gasteiger partial charge in [0, 0.05) is 12.6 Å². The van der Waals surface area contributed by atoms with Crippen LogP contribution in [0, 0.1) is 16.0 Å². The third kappa shape index (κ3) is 2.97. The number of rotatable bonds is 5. The van der Waals surface area contributed by atoms with E-state index >= 15 is 0 Å². The molecule has 0 fully saturated rings. The summed E-state index contributed by atoms with van der Waals surface area (Å²) in [7, 11) is 0. The normalized spacial score (nSPS) is 17.6. The molecule has 114 valence electrons. The summed E-state index contributed by atoms with van der Waals surface area (Å²) in [5, 5.41) is 10.9. The molecule has 0 radical (unpaired) electrons. The van der Waals surface area contributed by atoms with Gasteiger partial charge in [-0.05, 0) is 24.9 Å². The van der Waals surface area contributed by atoms with E-state index in [1.165, 1.54) is 12.1 Å². The molecule has 0 saturated heterocycles. The summed E-state index contributed by atoms with van der Waals surface area (Å²) in [6.45, 7) is 4.71. The average molecular weight is 293 g/mol. The van der Waals surface area contributed by atoms with Crippen LogP contribution in [-0.2, 0) is 4.79 Å². The molecule has 2 rings (SSSR count). The first-order chi connectivity index (χ1) is 9.95. The number of carbonyl (C=O) groups is 1. The molecular weight excluding hydrogens is 274 g/mol. The molecule has 0 aliphatic carbocycles.